The van der Waals surface area contributed by atoms with Crippen molar-refractivity contribution in [1.29, 1.82) is 0 Å². The topological polar surface area (TPSA) is 79.0 Å². The molecule has 0 aromatic heterocycles. The first-order valence-corrected chi connectivity index (χ1v) is 10.8. The summed E-state index contributed by atoms with van der Waals surface area (Å²) in [7, 11) is -2.20. The van der Waals surface area contributed by atoms with Crippen LogP contribution in [0.15, 0.2) is 27.6 Å². The van der Waals surface area contributed by atoms with Gasteiger partial charge in [0.1, 0.15) is 10.6 Å². The molecule has 1 fully saturated rings. The first-order valence-electron chi connectivity index (χ1n) is 8.56. The molecule has 1 aromatic carbocycles. The Morgan fingerprint density at radius 1 is 1.27 bits per heavy atom. The van der Waals surface area contributed by atoms with E-state index in [1.54, 1.807) is 18.2 Å². The molecule has 1 aromatic rings. The minimum Gasteiger partial charge on any atom is -0.495 e. The number of hydrogen-bond donors (Lipinski definition) is 1. The summed E-state index contributed by atoms with van der Waals surface area (Å²) < 4.78 is 33.2. The SMILES string of the molecule is COc1ccc(Br)cc1S(=O)(=O)N1CCN(CC(=O)NCC(C)C)CC1. The van der Waals surface area contributed by atoms with Gasteiger partial charge in [-0.2, -0.15) is 4.31 Å². The predicted octanol–water partition coefficient (Wildman–Crippen LogP) is 1.54. The van der Waals surface area contributed by atoms with E-state index < -0.39 is 10.0 Å². The molecule has 1 amide bonds. The highest BCUT2D eigenvalue weighted by Crippen LogP contribution is 2.30. The Morgan fingerprint density at radius 3 is 2.50 bits per heavy atom. The van der Waals surface area contributed by atoms with Gasteiger partial charge in [-0.3, -0.25) is 9.69 Å². The molecule has 2 rings (SSSR count). The molecular weight excluding hydrogens is 422 g/mol. The highest BCUT2D eigenvalue weighted by Gasteiger charge is 2.31. The molecule has 7 nitrogen and oxygen atoms in total. The second-order valence-corrected chi connectivity index (χ2v) is 9.50. The molecule has 0 saturated carbocycles. The standard InChI is InChI=1S/C17H26BrN3O4S/c1-13(2)11-19-17(22)12-20-6-8-21(9-7-20)26(23,24)16-10-14(18)4-5-15(16)25-3/h4-5,10,13H,6-9,11-12H2,1-3H3,(H,19,22). The number of carbonyl (C=O) groups is 1. The maximum absolute atomic E-state index is 13.0. The van der Waals surface area contributed by atoms with Crippen molar-refractivity contribution >= 4 is 31.9 Å². The average molecular weight is 448 g/mol. The highest BCUT2D eigenvalue weighted by atomic mass is 79.9. The number of hydrogen-bond acceptors (Lipinski definition) is 5. The third kappa shape index (κ3) is 5.42. The van der Waals surface area contributed by atoms with Gasteiger partial charge in [0.25, 0.3) is 0 Å². The van der Waals surface area contributed by atoms with Gasteiger partial charge in [-0.15, -0.1) is 0 Å². The molecule has 146 valence electrons. The Labute approximate surface area is 163 Å². The summed E-state index contributed by atoms with van der Waals surface area (Å²) in [6.07, 6.45) is 0. The first-order chi connectivity index (χ1) is 12.2. The van der Waals surface area contributed by atoms with Gasteiger partial charge in [0.15, 0.2) is 0 Å². The number of piperazine rings is 1. The lowest BCUT2D eigenvalue weighted by Gasteiger charge is -2.33. The number of sulfonamides is 1. The van der Waals surface area contributed by atoms with Gasteiger partial charge >= 0.3 is 0 Å². The Morgan fingerprint density at radius 2 is 1.92 bits per heavy atom. The van der Waals surface area contributed by atoms with E-state index in [4.69, 9.17) is 4.74 Å². The van der Waals surface area contributed by atoms with Crippen LogP contribution in [0.5, 0.6) is 5.75 Å². The molecule has 0 bridgehead atoms. The molecule has 9 heteroatoms. The van der Waals surface area contributed by atoms with E-state index in [0.29, 0.717) is 55.4 Å². The lowest BCUT2D eigenvalue weighted by Crippen LogP contribution is -2.51. The van der Waals surface area contributed by atoms with Crippen LogP contribution in [0.3, 0.4) is 0 Å². The molecular formula is C17H26BrN3O4S. The van der Waals surface area contributed by atoms with E-state index in [9.17, 15) is 13.2 Å². The Bertz CT molecular complexity index is 732. The number of halogens is 1. The van der Waals surface area contributed by atoms with Gasteiger partial charge in [-0.25, -0.2) is 8.42 Å². The molecule has 1 heterocycles. The first kappa shape index (κ1) is 21.1. The van der Waals surface area contributed by atoms with Gasteiger partial charge in [-0.1, -0.05) is 29.8 Å². The average Bonchev–Trinajstić information content (AvgIpc) is 2.60. The fourth-order valence-electron chi connectivity index (χ4n) is 2.70. The van der Waals surface area contributed by atoms with E-state index in [1.807, 2.05) is 18.7 Å². The zero-order valence-corrected chi connectivity index (χ0v) is 17.8. The van der Waals surface area contributed by atoms with Crippen molar-refractivity contribution in [1.82, 2.24) is 14.5 Å². The molecule has 0 aliphatic carbocycles. The van der Waals surface area contributed by atoms with Gasteiger partial charge in [0.05, 0.1) is 13.7 Å². The Kier molecular flexibility index (Phi) is 7.45. The summed E-state index contributed by atoms with van der Waals surface area (Å²) >= 11 is 3.31. The second-order valence-electron chi connectivity index (χ2n) is 6.67. The van der Waals surface area contributed by atoms with Crippen LogP contribution in [-0.2, 0) is 14.8 Å². The molecule has 0 atom stereocenters. The van der Waals surface area contributed by atoms with E-state index >= 15 is 0 Å². The van der Waals surface area contributed by atoms with Gasteiger partial charge in [0.2, 0.25) is 15.9 Å². The fourth-order valence-corrected chi connectivity index (χ4v) is 4.81. The largest absolute Gasteiger partial charge is 0.495 e. The summed E-state index contributed by atoms with van der Waals surface area (Å²) in [5.41, 5.74) is 0. The monoisotopic (exact) mass is 447 g/mol. The lowest BCUT2D eigenvalue weighted by molar-refractivity contribution is -0.122. The van der Waals surface area contributed by atoms with E-state index in [2.05, 4.69) is 21.2 Å². The van der Waals surface area contributed by atoms with Crippen molar-refractivity contribution < 1.29 is 17.9 Å². The van der Waals surface area contributed by atoms with Crippen LogP contribution >= 0.6 is 15.9 Å². The third-order valence-electron chi connectivity index (χ3n) is 4.15. The Balaban J connectivity index is 1.99. The molecule has 1 aliphatic heterocycles. The van der Waals surface area contributed by atoms with Crippen molar-refractivity contribution in [3.8, 4) is 5.75 Å². The van der Waals surface area contributed by atoms with Crippen LogP contribution in [0, 0.1) is 5.92 Å². The molecule has 0 spiro atoms. The van der Waals surface area contributed by atoms with Crippen molar-refractivity contribution in [3.05, 3.63) is 22.7 Å². The number of benzene rings is 1. The smallest absolute Gasteiger partial charge is 0.246 e. The van der Waals surface area contributed by atoms with Crippen LogP contribution in [-0.4, -0.2) is 69.9 Å². The van der Waals surface area contributed by atoms with Crippen LogP contribution in [0.2, 0.25) is 0 Å². The normalized spacial score (nSPS) is 16.7. The highest BCUT2D eigenvalue weighted by molar-refractivity contribution is 9.10. The summed E-state index contributed by atoms with van der Waals surface area (Å²) in [5.74, 6) is 0.702. The van der Waals surface area contributed by atoms with Gasteiger partial charge in [-0.05, 0) is 24.1 Å². The fraction of sp³-hybridized carbons (Fsp3) is 0.588. The summed E-state index contributed by atoms with van der Waals surface area (Å²) in [5, 5.41) is 2.88. The van der Waals surface area contributed by atoms with E-state index in [-0.39, 0.29) is 10.8 Å². The van der Waals surface area contributed by atoms with E-state index in [1.165, 1.54) is 11.4 Å². The zero-order chi connectivity index (χ0) is 19.3. The number of carbonyl (C=O) groups excluding carboxylic acids is 1. The minimum atomic E-state index is -3.65. The van der Waals surface area contributed by atoms with Crippen molar-refractivity contribution in [2.45, 2.75) is 18.7 Å². The molecule has 0 unspecified atom stereocenters. The number of nitrogens with one attached hydrogen (secondary N) is 1. The van der Waals surface area contributed by atoms with Gasteiger partial charge in [0, 0.05) is 37.2 Å². The third-order valence-corrected chi connectivity index (χ3v) is 6.56. The lowest BCUT2D eigenvalue weighted by atomic mass is 10.2. The molecule has 26 heavy (non-hydrogen) atoms. The minimum absolute atomic E-state index is 0.0244. The number of amides is 1. The zero-order valence-electron chi connectivity index (χ0n) is 15.4. The summed E-state index contributed by atoms with van der Waals surface area (Å²) in [4.78, 5) is 14.1. The van der Waals surface area contributed by atoms with Crippen molar-refractivity contribution in [2.24, 2.45) is 5.92 Å². The van der Waals surface area contributed by atoms with Crippen LogP contribution in [0.4, 0.5) is 0 Å². The van der Waals surface area contributed by atoms with Crippen LogP contribution < -0.4 is 10.1 Å². The van der Waals surface area contributed by atoms with Crippen molar-refractivity contribution in [3.63, 3.8) is 0 Å². The number of ether oxygens (including phenoxy) is 1. The number of nitrogens with zero attached hydrogens (tertiary/aromatic N) is 2. The summed E-state index contributed by atoms with van der Waals surface area (Å²) in [6.45, 7) is 6.75. The second kappa shape index (κ2) is 9.16. The quantitative estimate of drug-likeness (QED) is 0.685. The predicted molar refractivity (Wildman–Crippen MR) is 104 cm³/mol. The molecule has 1 aliphatic rings. The van der Waals surface area contributed by atoms with Crippen LogP contribution in [0.1, 0.15) is 13.8 Å². The maximum Gasteiger partial charge on any atom is 0.246 e. The van der Waals surface area contributed by atoms with Crippen LogP contribution in [0.25, 0.3) is 0 Å². The summed E-state index contributed by atoms with van der Waals surface area (Å²) in [6, 6.07) is 4.93. The molecule has 1 N–H and O–H groups in total. The number of methoxy groups -OCH3 is 1. The van der Waals surface area contributed by atoms with Gasteiger partial charge < -0.3 is 10.1 Å². The number of rotatable bonds is 7. The molecule has 0 radical (unpaired) electrons. The van der Waals surface area contributed by atoms with Crippen molar-refractivity contribution in [2.75, 3.05) is 46.4 Å². The van der Waals surface area contributed by atoms with E-state index in [0.717, 1.165) is 0 Å². The maximum atomic E-state index is 13.0. The molecule has 1 saturated heterocycles. The Hall–Kier alpha value is -1.16.